The fourth-order valence-electron chi connectivity index (χ4n) is 2.54. The number of amides is 1. The normalized spacial score (nSPS) is 11.7. The van der Waals surface area contributed by atoms with Crippen molar-refractivity contribution >= 4 is 27.7 Å². The maximum atomic E-state index is 12.5. The molecule has 0 bridgehead atoms. The Kier molecular flexibility index (Phi) is 8.19. The summed E-state index contributed by atoms with van der Waals surface area (Å²) >= 11 is 0. The molecule has 0 unspecified atom stereocenters. The van der Waals surface area contributed by atoms with Crippen molar-refractivity contribution in [2.45, 2.75) is 25.2 Å². The maximum Gasteiger partial charge on any atom is 0.266 e. The second-order valence-corrected chi connectivity index (χ2v) is 8.70. The summed E-state index contributed by atoms with van der Waals surface area (Å²) in [5.74, 6) is 0.954. The van der Waals surface area contributed by atoms with Gasteiger partial charge in [0.1, 0.15) is 11.6 Å². The summed E-state index contributed by atoms with van der Waals surface area (Å²) in [6.45, 7) is 4.77. The fourth-order valence-corrected chi connectivity index (χ4v) is 3.05. The van der Waals surface area contributed by atoms with Gasteiger partial charge in [-0.05, 0) is 60.4 Å². The van der Waals surface area contributed by atoms with Crippen LogP contribution in [0.1, 0.15) is 25.8 Å². The van der Waals surface area contributed by atoms with Crippen molar-refractivity contribution in [2.24, 2.45) is 11.1 Å². The number of nitrogens with one attached hydrogen (secondary N) is 1. The lowest BCUT2D eigenvalue weighted by Crippen LogP contribution is -2.14. The highest BCUT2D eigenvalue weighted by Gasteiger charge is 2.13. The van der Waals surface area contributed by atoms with Crippen LogP contribution in [0, 0.1) is 17.2 Å². The first kappa shape index (κ1) is 23.9. The molecule has 0 heterocycles. The van der Waals surface area contributed by atoms with Crippen molar-refractivity contribution in [3.63, 3.8) is 0 Å². The van der Waals surface area contributed by atoms with Gasteiger partial charge in [-0.3, -0.25) is 4.79 Å². The number of carbonyl (C=O) groups is 1. The molecule has 0 fully saturated rings. The Labute approximate surface area is 182 Å². The average Bonchev–Trinajstić information content (AvgIpc) is 2.72. The highest BCUT2D eigenvalue weighted by molar-refractivity contribution is 7.89. The zero-order valence-electron chi connectivity index (χ0n) is 17.6. The van der Waals surface area contributed by atoms with Crippen LogP contribution in [-0.2, 0) is 14.8 Å². The number of methoxy groups -OCH3 is 1. The Hall–Kier alpha value is -3.35. The second kappa shape index (κ2) is 10.6. The van der Waals surface area contributed by atoms with Gasteiger partial charge < -0.3 is 14.8 Å². The van der Waals surface area contributed by atoms with E-state index in [0.29, 0.717) is 35.3 Å². The largest absolute Gasteiger partial charge is 0.493 e. The quantitative estimate of drug-likeness (QED) is 0.451. The van der Waals surface area contributed by atoms with Crippen LogP contribution < -0.4 is 19.9 Å². The maximum absolute atomic E-state index is 12.5. The van der Waals surface area contributed by atoms with Crippen LogP contribution in [0.4, 0.5) is 5.69 Å². The Morgan fingerprint density at radius 2 is 1.87 bits per heavy atom. The third-order valence-electron chi connectivity index (χ3n) is 4.26. The van der Waals surface area contributed by atoms with E-state index in [1.54, 1.807) is 18.2 Å². The first-order valence-electron chi connectivity index (χ1n) is 9.51. The summed E-state index contributed by atoms with van der Waals surface area (Å²) in [5.41, 5.74) is 0.778. The van der Waals surface area contributed by atoms with Crippen LogP contribution in [0.2, 0.25) is 0 Å². The van der Waals surface area contributed by atoms with Crippen molar-refractivity contribution in [1.82, 2.24) is 0 Å². The van der Waals surface area contributed by atoms with Gasteiger partial charge >= 0.3 is 0 Å². The summed E-state index contributed by atoms with van der Waals surface area (Å²) in [6, 6.07) is 12.3. The zero-order chi connectivity index (χ0) is 23.0. The SMILES string of the molecule is COc1cc(/C=C(\C#N)C(=O)Nc2ccc(S(N)(=O)=O)cc2)ccc1OCCC(C)C. The Morgan fingerprint density at radius 1 is 1.19 bits per heavy atom. The van der Waals surface area contributed by atoms with Gasteiger partial charge in [-0.25, -0.2) is 13.6 Å². The Balaban J connectivity index is 2.16. The van der Waals surface area contributed by atoms with E-state index in [4.69, 9.17) is 14.6 Å². The second-order valence-electron chi connectivity index (χ2n) is 7.13. The first-order valence-corrected chi connectivity index (χ1v) is 11.1. The molecule has 0 spiro atoms. The van der Waals surface area contributed by atoms with Crippen LogP contribution >= 0.6 is 0 Å². The zero-order valence-corrected chi connectivity index (χ0v) is 18.4. The molecule has 2 rings (SSSR count). The van der Waals surface area contributed by atoms with Crippen molar-refractivity contribution in [2.75, 3.05) is 19.0 Å². The molecule has 9 heteroatoms. The lowest BCUT2D eigenvalue weighted by molar-refractivity contribution is -0.112. The smallest absolute Gasteiger partial charge is 0.266 e. The standard InChI is InChI=1S/C22H25N3O5S/c1-15(2)10-11-30-20-9-4-16(13-21(20)29-3)12-17(14-23)22(26)25-18-5-7-19(8-6-18)31(24,27)28/h4-9,12-13,15H,10-11H2,1-3H3,(H,25,26)(H2,24,27,28)/b17-12+. The van der Waals surface area contributed by atoms with Gasteiger partial charge in [-0.1, -0.05) is 19.9 Å². The highest BCUT2D eigenvalue weighted by atomic mass is 32.2. The predicted octanol–water partition coefficient (Wildman–Crippen LogP) is 3.31. The molecule has 2 aromatic carbocycles. The fraction of sp³-hybridized carbons (Fsp3) is 0.273. The molecule has 0 aromatic heterocycles. The number of primary sulfonamides is 1. The molecule has 1 amide bonds. The molecule has 164 valence electrons. The van der Waals surface area contributed by atoms with Crippen molar-refractivity contribution in [1.29, 1.82) is 5.26 Å². The van der Waals surface area contributed by atoms with Gasteiger partial charge in [0.15, 0.2) is 11.5 Å². The van der Waals surface area contributed by atoms with Gasteiger partial charge in [-0.2, -0.15) is 5.26 Å². The topological polar surface area (TPSA) is 132 Å². The van der Waals surface area contributed by atoms with Crippen LogP contribution in [-0.4, -0.2) is 28.0 Å². The van der Waals surface area contributed by atoms with Crippen LogP contribution in [0.15, 0.2) is 52.9 Å². The van der Waals surface area contributed by atoms with Crippen LogP contribution in [0.5, 0.6) is 11.5 Å². The van der Waals surface area contributed by atoms with Crippen LogP contribution in [0.3, 0.4) is 0 Å². The van der Waals surface area contributed by atoms with Crippen LogP contribution in [0.25, 0.3) is 6.08 Å². The molecule has 8 nitrogen and oxygen atoms in total. The van der Waals surface area contributed by atoms with Gasteiger partial charge in [0.2, 0.25) is 10.0 Å². The lowest BCUT2D eigenvalue weighted by Gasteiger charge is -2.12. The number of hydrogen-bond donors (Lipinski definition) is 2. The molecule has 0 aliphatic rings. The number of nitriles is 1. The van der Waals surface area contributed by atoms with Crippen molar-refractivity contribution < 1.29 is 22.7 Å². The number of anilines is 1. The number of ether oxygens (including phenoxy) is 2. The average molecular weight is 444 g/mol. The van der Waals surface area contributed by atoms with Crippen molar-refractivity contribution in [3.05, 3.63) is 53.6 Å². The number of sulfonamides is 1. The molecular weight excluding hydrogens is 418 g/mol. The molecule has 0 aliphatic heterocycles. The molecule has 0 saturated carbocycles. The monoisotopic (exact) mass is 443 g/mol. The molecule has 0 atom stereocenters. The van der Waals surface area contributed by atoms with E-state index in [2.05, 4.69) is 19.2 Å². The minimum absolute atomic E-state index is 0.0793. The summed E-state index contributed by atoms with van der Waals surface area (Å²) in [6.07, 6.45) is 2.33. The molecule has 0 aliphatic carbocycles. The third-order valence-corrected chi connectivity index (χ3v) is 5.19. The Bertz CT molecular complexity index is 1100. The number of hydrogen-bond acceptors (Lipinski definition) is 6. The highest BCUT2D eigenvalue weighted by Crippen LogP contribution is 2.29. The van der Waals surface area contributed by atoms with Crippen molar-refractivity contribution in [3.8, 4) is 17.6 Å². The predicted molar refractivity (Wildman–Crippen MR) is 118 cm³/mol. The molecule has 31 heavy (non-hydrogen) atoms. The minimum Gasteiger partial charge on any atom is -0.493 e. The van der Waals surface area contributed by atoms with E-state index in [1.165, 1.54) is 37.5 Å². The third kappa shape index (κ3) is 7.13. The van der Waals surface area contributed by atoms with Gasteiger partial charge in [0.05, 0.1) is 18.6 Å². The number of benzene rings is 2. The molecular formula is C22H25N3O5S. The summed E-state index contributed by atoms with van der Waals surface area (Å²) in [5, 5.41) is 17.0. The van der Waals surface area contributed by atoms with E-state index in [-0.39, 0.29) is 10.5 Å². The number of rotatable bonds is 9. The number of carbonyl (C=O) groups excluding carboxylic acids is 1. The van der Waals surface area contributed by atoms with Gasteiger partial charge in [0.25, 0.3) is 5.91 Å². The van der Waals surface area contributed by atoms with E-state index in [0.717, 1.165) is 6.42 Å². The van der Waals surface area contributed by atoms with E-state index in [9.17, 15) is 18.5 Å². The summed E-state index contributed by atoms with van der Waals surface area (Å²) in [7, 11) is -2.31. The molecule has 3 N–H and O–H groups in total. The Morgan fingerprint density at radius 3 is 2.42 bits per heavy atom. The minimum atomic E-state index is -3.83. The number of nitrogens with zero attached hydrogens (tertiary/aromatic N) is 1. The van der Waals surface area contributed by atoms with Gasteiger partial charge in [0, 0.05) is 5.69 Å². The molecule has 0 saturated heterocycles. The lowest BCUT2D eigenvalue weighted by atomic mass is 10.1. The van der Waals surface area contributed by atoms with E-state index < -0.39 is 15.9 Å². The molecule has 2 aromatic rings. The molecule has 0 radical (unpaired) electrons. The van der Waals surface area contributed by atoms with Gasteiger partial charge in [-0.15, -0.1) is 0 Å². The van der Waals surface area contributed by atoms with E-state index >= 15 is 0 Å². The summed E-state index contributed by atoms with van der Waals surface area (Å²) in [4.78, 5) is 12.4. The number of nitrogens with two attached hydrogens (primary N) is 1. The summed E-state index contributed by atoms with van der Waals surface area (Å²) < 4.78 is 33.7. The first-order chi connectivity index (χ1) is 14.6. The van der Waals surface area contributed by atoms with E-state index in [1.807, 2.05) is 6.07 Å².